The van der Waals surface area contributed by atoms with E-state index < -0.39 is 0 Å². The Balaban J connectivity index is 1.98. The summed E-state index contributed by atoms with van der Waals surface area (Å²) in [6.45, 7) is 2.96. The lowest BCUT2D eigenvalue weighted by Crippen LogP contribution is -2.36. The summed E-state index contributed by atoms with van der Waals surface area (Å²) in [5.41, 5.74) is 9.78. The largest absolute Gasteiger partial charge is 0.405 e. The normalized spacial score (nSPS) is 15.7. The number of aliphatic imine (C=N–C) groups is 1. The van der Waals surface area contributed by atoms with Crippen molar-refractivity contribution in [3.8, 4) is 11.4 Å². The lowest BCUT2D eigenvalue weighted by atomic mass is 10.0. The van der Waals surface area contributed by atoms with Crippen LogP contribution in [0.3, 0.4) is 0 Å². The highest BCUT2D eigenvalue weighted by atomic mass is 16.5. The van der Waals surface area contributed by atoms with E-state index in [1.807, 2.05) is 12.1 Å². The highest BCUT2D eigenvalue weighted by Crippen LogP contribution is 2.30. The number of aromatic amines is 1. The van der Waals surface area contributed by atoms with E-state index in [-0.39, 0.29) is 0 Å². The van der Waals surface area contributed by atoms with Crippen molar-refractivity contribution in [1.82, 2.24) is 20.2 Å². The van der Waals surface area contributed by atoms with Gasteiger partial charge >= 0.3 is 0 Å². The third kappa shape index (κ3) is 3.26. The molecule has 27 heavy (non-hydrogen) atoms. The van der Waals surface area contributed by atoms with Crippen molar-refractivity contribution < 1.29 is 4.74 Å². The maximum Gasteiger partial charge on any atom is 0.130 e. The maximum absolute atomic E-state index is 5.64. The molecule has 4 rings (SSSR count). The monoisotopic (exact) mass is 363 g/mol. The molecule has 0 spiro atoms. The molecule has 1 aliphatic rings. The second-order valence-corrected chi connectivity index (χ2v) is 6.12. The summed E-state index contributed by atoms with van der Waals surface area (Å²) in [5, 5.41) is 7.99. The Morgan fingerprint density at radius 1 is 1.30 bits per heavy atom. The van der Waals surface area contributed by atoms with E-state index in [0.717, 1.165) is 52.5 Å². The molecule has 0 atom stereocenters. The first kappa shape index (κ1) is 17.2. The fourth-order valence-electron chi connectivity index (χ4n) is 3.27. The molecule has 0 saturated carbocycles. The number of H-pyrrole nitrogens is 1. The van der Waals surface area contributed by atoms with Gasteiger partial charge in [-0.15, -0.1) is 0 Å². The number of ether oxygens (including phenoxy) is 1. The topological polar surface area (TPSA) is 105 Å². The standard InChI is InChI=1S/C19H21N7O/c1-21-15(2-5-20)14-12-17(26-8-10-27-11-9-26)24-18-13(14)3-6-22-19(18)16-4-7-23-25-16/h2-7,12H,8-11,20H2,1H3,(H,23,25)/b5-2+,21-15?. The molecule has 8 heteroatoms. The summed E-state index contributed by atoms with van der Waals surface area (Å²) in [4.78, 5) is 16.1. The molecule has 3 N–H and O–H groups in total. The second-order valence-electron chi connectivity index (χ2n) is 6.12. The van der Waals surface area contributed by atoms with Crippen molar-refractivity contribution >= 4 is 22.4 Å². The van der Waals surface area contributed by atoms with Gasteiger partial charge in [0.2, 0.25) is 0 Å². The Hall–Kier alpha value is -3.26. The molecule has 3 aromatic heterocycles. The molecule has 0 radical (unpaired) electrons. The van der Waals surface area contributed by atoms with Gasteiger partial charge in [-0.2, -0.15) is 5.10 Å². The molecule has 0 aromatic carbocycles. The molecule has 0 aliphatic carbocycles. The number of rotatable bonds is 4. The summed E-state index contributed by atoms with van der Waals surface area (Å²) >= 11 is 0. The van der Waals surface area contributed by atoms with Gasteiger partial charge in [0.15, 0.2) is 0 Å². The Kier molecular flexibility index (Phi) is 4.80. The van der Waals surface area contributed by atoms with E-state index in [0.29, 0.717) is 13.2 Å². The molecule has 1 aliphatic heterocycles. The number of fused-ring (bicyclic) bond motifs is 1. The number of nitrogens with zero attached hydrogens (tertiary/aromatic N) is 5. The maximum atomic E-state index is 5.64. The Morgan fingerprint density at radius 2 is 2.15 bits per heavy atom. The summed E-state index contributed by atoms with van der Waals surface area (Å²) in [6, 6.07) is 5.90. The number of anilines is 1. The van der Waals surface area contributed by atoms with Crippen LogP contribution in [0.2, 0.25) is 0 Å². The minimum atomic E-state index is 0.687. The fourth-order valence-corrected chi connectivity index (χ4v) is 3.27. The average Bonchev–Trinajstić information content (AvgIpc) is 3.26. The molecule has 0 amide bonds. The van der Waals surface area contributed by atoms with E-state index in [2.05, 4.69) is 31.1 Å². The van der Waals surface area contributed by atoms with Gasteiger partial charge in [-0.1, -0.05) is 0 Å². The van der Waals surface area contributed by atoms with Crippen LogP contribution in [0.1, 0.15) is 5.56 Å². The van der Waals surface area contributed by atoms with Crippen LogP contribution in [0, 0.1) is 0 Å². The number of hydrogen-bond acceptors (Lipinski definition) is 7. The smallest absolute Gasteiger partial charge is 0.130 e. The third-order valence-corrected chi connectivity index (χ3v) is 4.58. The predicted molar refractivity (Wildman–Crippen MR) is 106 cm³/mol. The number of nitrogens with two attached hydrogens (primary N) is 1. The first-order valence-electron chi connectivity index (χ1n) is 8.79. The van der Waals surface area contributed by atoms with Gasteiger partial charge in [-0.05, 0) is 30.5 Å². The quantitative estimate of drug-likeness (QED) is 0.684. The van der Waals surface area contributed by atoms with Gasteiger partial charge in [-0.3, -0.25) is 15.1 Å². The van der Waals surface area contributed by atoms with Gasteiger partial charge in [0.1, 0.15) is 17.0 Å². The molecular weight excluding hydrogens is 342 g/mol. The summed E-state index contributed by atoms with van der Waals surface area (Å²) < 4.78 is 5.48. The van der Waals surface area contributed by atoms with Crippen LogP contribution >= 0.6 is 0 Å². The fraction of sp³-hybridized carbons (Fsp3) is 0.263. The van der Waals surface area contributed by atoms with Crippen LogP contribution in [-0.2, 0) is 4.74 Å². The molecule has 1 fully saturated rings. The molecular formula is C19H21N7O. The van der Waals surface area contributed by atoms with E-state index in [1.165, 1.54) is 6.20 Å². The zero-order valence-corrected chi connectivity index (χ0v) is 15.1. The van der Waals surface area contributed by atoms with Crippen molar-refractivity contribution in [2.45, 2.75) is 0 Å². The van der Waals surface area contributed by atoms with Gasteiger partial charge in [0.05, 0.1) is 24.6 Å². The molecule has 1 saturated heterocycles. The third-order valence-electron chi connectivity index (χ3n) is 4.58. The number of pyridine rings is 2. The van der Waals surface area contributed by atoms with E-state index in [4.69, 9.17) is 15.5 Å². The summed E-state index contributed by atoms with van der Waals surface area (Å²) in [7, 11) is 1.76. The molecule has 8 nitrogen and oxygen atoms in total. The number of allylic oxidation sites excluding steroid dienone is 1. The lowest BCUT2D eigenvalue weighted by molar-refractivity contribution is 0.122. The number of hydrogen-bond donors (Lipinski definition) is 2. The van der Waals surface area contributed by atoms with Gasteiger partial charge in [0.25, 0.3) is 0 Å². The van der Waals surface area contributed by atoms with Gasteiger partial charge < -0.3 is 15.4 Å². The van der Waals surface area contributed by atoms with Crippen LogP contribution in [0.5, 0.6) is 0 Å². The van der Waals surface area contributed by atoms with Crippen LogP contribution in [-0.4, -0.2) is 59.2 Å². The molecule has 3 aromatic rings. The summed E-state index contributed by atoms with van der Waals surface area (Å²) in [6.07, 6.45) is 6.78. The van der Waals surface area contributed by atoms with Gasteiger partial charge in [0, 0.05) is 43.5 Å². The van der Waals surface area contributed by atoms with Crippen molar-refractivity contribution in [2.75, 3.05) is 38.3 Å². The number of aromatic nitrogens is 4. The minimum Gasteiger partial charge on any atom is -0.405 e. The van der Waals surface area contributed by atoms with Crippen LogP contribution in [0.15, 0.2) is 47.9 Å². The first-order valence-corrected chi connectivity index (χ1v) is 8.79. The van der Waals surface area contributed by atoms with Crippen molar-refractivity contribution in [3.63, 3.8) is 0 Å². The van der Waals surface area contributed by atoms with Crippen LogP contribution in [0.25, 0.3) is 22.3 Å². The SMILES string of the molecule is CN=C(/C=C/N)c1cc(N2CCOCC2)nc2c(-c3ccn[nH]3)nccc12. The Morgan fingerprint density at radius 3 is 2.85 bits per heavy atom. The average molecular weight is 363 g/mol. The Bertz CT molecular complexity index is 989. The predicted octanol–water partition coefficient (Wildman–Crippen LogP) is 1.75. The first-order chi connectivity index (χ1) is 13.3. The van der Waals surface area contributed by atoms with Crippen molar-refractivity contribution in [2.24, 2.45) is 10.7 Å². The zero-order chi connectivity index (χ0) is 18.6. The highest BCUT2D eigenvalue weighted by molar-refractivity contribution is 6.17. The Labute approximate surface area is 156 Å². The molecule has 4 heterocycles. The van der Waals surface area contributed by atoms with Gasteiger partial charge in [-0.25, -0.2) is 4.98 Å². The number of morpholine rings is 1. The van der Waals surface area contributed by atoms with E-state index in [9.17, 15) is 0 Å². The van der Waals surface area contributed by atoms with Crippen LogP contribution in [0.4, 0.5) is 5.82 Å². The molecule has 0 bridgehead atoms. The van der Waals surface area contributed by atoms with Crippen LogP contribution < -0.4 is 10.6 Å². The molecule has 0 unspecified atom stereocenters. The van der Waals surface area contributed by atoms with E-state index in [1.54, 1.807) is 25.5 Å². The summed E-state index contributed by atoms with van der Waals surface area (Å²) in [5.74, 6) is 0.876. The number of nitrogens with one attached hydrogen (secondary N) is 1. The highest BCUT2D eigenvalue weighted by Gasteiger charge is 2.19. The second kappa shape index (κ2) is 7.55. The minimum absolute atomic E-state index is 0.687. The van der Waals surface area contributed by atoms with Crippen molar-refractivity contribution in [3.05, 3.63) is 48.4 Å². The zero-order valence-electron chi connectivity index (χ0n) is 15.1. The molecule has 138 valence electrons. The van der Waals surface area contributed by atoms with E-state index >= 15 is 0 Å². The van der Waals surface area contributed by atoms with Crippen molar-refractivity contribution in [1.29, 1.82) is 0 Å². The lowest BCUT2D eigenvalue weighted by Gasteiger charge is -2.28.